The third-order valence-electron chi connectivity index (χ3n) is 4.37. The fourth-order valence-corrected chi connectivity index (χ4v) is 2.66. The molecule has 0 spiro atoms. The number of hydrogen-bond donors (Lipinski definition) is 4. The van der Waals surface area contributed by atoms with Crippen LogP contribution in [0.3, 0.4) is 0 Å². The van der Waals surface area contributed by atoms with Crippen molar-refractivity contribution in [1.82, 2.24) is 0 Å². The molecule has 0 aromatic carbocycles. The first-order valence-corrected chi connectivity index (χ1v) is 10.3. The molecular formula is C24H34O6. The summed E-state index contributed by atoms with van der Waals surface area (Å²) in [6.45, 7) is 1.85. The number of hydrogen-bond acceptors (Lipinski definition) is 6. The van der Waals surface area contributed by atoms with E-state index >= 15 is 0 Å². The third-order valence-corrected chi connectivity index (χ3v) is 4.37. The number of aliphatic hydroxyl groups is 4. The smallest absolute Gasteiger partial charge is 0.331 e. The van der Waals surface area contributed by atoms with E-state index < -0.39 is 30.4 Å². The van der Waals surface area contributed by atoms with Gasteiger partial charge in [0, 0.05) is 12.5 Å². The number of rotatable bonds is 0. The van der Waals surface area contributed by atoms with E-state index in [1.165, 1.54) is 18.2 Å². The van der Waals surface area contributed by atoms with Crippen molar-refractivity contribution in [2.45, 2.75) is 69.5 Å². The van der Waals surface area contributed by atoms with E-state index in [2.05, 4.69) is 0 Å². The topological polar surface area (TPSA) is 107 Å². The maximum atomic E-state index is 11.8. The van der Waals surface area contributed by atoms with E-state index in [0.717, 1.165) is 19.3 Å². The average Bonchev–Trinajstić information content (AvgIpc) is 2.69. The van der Waals surface area contributed by atoms with Crippen LogP contribution in [0.15, 0.2) is 72.9 Å². The summed E-state index contributed by atoms with van der Waals surface area (Å²) in [6.07, 6.45) is 18.1. The van der Waals surface area contributed by atoms with Crippen molar-refractivity contribution < 1.29 is 30.0 Å². The highest BCUT2D eigenvalue weighted by molar-refractivity contribution is 5.82. The van der Waals surface area contributed by atoms with Gasteiger partial charge in [0.05, 0.1) is 30.5 Å². The fraction of sp³-hybridized carbons (Fsp3) is 0.458. The summed E-state index contributed by atoms with van der Waals surface area (Å²) in [6, 6.07) is 0. The van der Waals surface area contributed by atoms with Crippen molar-refractivity contribution >= 4 is 5.97 Å². The van der Waals surface area contributed by atoms with E-state index in [9.17, 15) is 25.2 Å². The van der Waals surface area contributed by atoms with Crippen LogP contribution in [-0.4, -0.2) is 56.9 Å². The van der Waals surface area contributed by atoms with Crippen molar-refractivity contribution in [3.05, 3.63) is 72.9 Å². The average molecular weight is 419 g/mol. The van der Waals surface area contributed by atoms with E-state index in [0.29, 0.717) is 6.42 Å². The standard InChI is InChI=1S/C24H34O6/c1-19-12-6-3-2-4-7-15-21(26)18-23(28)22(27)16-11-10-14-20(25)13-8-5-9-17-24(29)30-19/h2,4-5,7-11,14-17,19-23,25-28H,3,6,12-13,18H2,1H3/b4-2-,8-5-,14-10-,15-7-,16-11-,17-9-/t19-,20-,21-,22-,23-/m1/s1. The Morgan fingerprint density at radius 3 is 2.33 bits per heavy atom. The Hall–Kier alpha value is -2.25. The van der Waals surface area contributed by atoms with Gasteiger partial charge in [-0.2, -0.15) is 0 Å². The molecule has 0 aromatic rings. The Morgan fingerprint density at radius 2 is 1.53 bits per heavy atom. The van der Waals surface area contributed by atoms with Crippen LogP contribution >= 0.6 is 0 Å². The number of aliphatic hydroxyl groups excluding tert-OH is 4. The summed E-state index contributed by atoms with van der Waals surface area (Å²) >= 11 is 0. The van der Waals surface area contributed by atoms with Crippen molar-refractivity contribution in [3.63, 3.8) is 0 Å². The van der Waals surface area contributed by atoms with Crippen molar-refractivity contribution in [2.24, 2.45) is 0 Å². The molecule has 1 heterocycles. The van der Waals surface area contributed by atoms with Gasteiger partial charge in [0.2, 0.25) is 0 Å². The molecule has 0 radical (unpaired) electrons. The molecule has 0 aliphatic carbocycles. The van der Waals surface area contributed by atoms with Crippen LogP contribution < -0.4 is 0 Å². The molecule has 6 nitrogen and oxygen atoms in total. The maximum absolute atomic E-state index is 11.8. The van der Waals surface area contributed by atoms with Gasteiger partial charge in [0.1, 0.15) is 0 Å². The third kappa shape index (κ3) is 13.1. The molecule has 6 heteroatoms. The van der Waals surface area contributed by atoms with Crippen LogP contribution in [0.1, 0.15) is 39.0 Å². The first kappa shape index (κ1) is 25.8. The number of cyclic esters (lactones) is 1. The molecule has 5 atom stereocenters. The highest BCUT2D eigenvalue weighted by Crippen LogP contribution is 2.08. The van der Waals surface area contributed by atoms with Crippen LogP contribution in [-0.2, 0) is 9.53 Å². The van der Waals surface area contributed by atoms with Crippen molar-refractivity contribution in [1.29, 1.82) is 0 Å². The van der Waals surface area contributed by atoms with Crippen LogP contribution in [0.4, 0.5) is 0 Å². The summed E-state index contributed by atoms with van der Waals surface area (Å²) in [7, 11) is 0. The quantitative estimate of drug-likeness (QED) is 0.451. The van der Waals surface area contributed by atoms with Crippen LogP contribution in [0.25, 0.3) is 0 Å². The number of carbonyl (C=O) groups is 1. The van der Waals surface area contributed by atoms with Gasteiger partial charge in [-0.3, -0.25) is 0 Å². The molecule has 166 valence electrons. The van der Waals surface area contributed by atoms with Gasteiger partial charge in [-0.1, -0.05) is 66.8 Å². The number of carbonyl (C=O) groups excluding carboxylic acids is 1. The Kier molecular flexibility index (Phi) is 13.4. The van der Waals surface area contributed by atoms with E-state index in [-0.39, 0.29) is 12.5 Å². The van der Waals surface area contributed by atoms with Crippen LogP contribution in [0.5, 0.6) is 0 Å². The van der Waals surface area contributed by atoms with Gasteiger partial charge in [-0.15, -0.1) is 0 Å². The first-order chi connectivity index (χ1) is 14.4. The Labute approximate surface area is 178 Å². The minimum absolute atomic E-state index is 0.00335. The predicted molar refractivity (Wildman–Crippen MR) is 118 cm³/mol. The van der Waals surface area contributed by atoms with Gasteiger partial charge in [0.25, 0.3) is 0 Å². The summed E-state index contributed by atoms with van der Waals surface area (Å²) in [5.74, 6) is -0.402. The van der Waals surface area contributed by atoms with Gasteiger partial charge in [0.15, 0.2) is 0 Å². The van der Waals surface area contributed by atoms with E-state index in [1.54, 1.807) is 42.5 Å². The summed E-state index contributed by atoms with van der Waals surface area (Å²) in [4.78, 5) is 11.8. The Bertz CT molecular complexity index is 659. The highest BCUT2D eigenvalue weighted by Gasteiger charge is 2.16. The molecule has 0 bridgehead atoms. The SMILES string of the molecule is C[C@@H]1CCC/C=C\C=C/[C@@H](O)C[C@@H](O)[C@H](O)/C=C\C=C/[C@H](O)C/C=C\C=C/C(=O)O1. The zero-order valence-corrected chi connectivity index (χ0v) is 17.5. The zero-order valence-electron chi connectivity index (χ0n) is 17.5. The Morgan fingerprint density at radius 1 is 0.867 bits per heavy atom. The van der Waals surface area contributed by atoms with Crippen LogP contribution in [0, 0.1) is 0 Å². The molecule has 0 aromatic heterocycles. The molecular weight excluding hydrogens is 384 g/mol. The number of allylic oxidation sites excluding steroid dienone is 7. The number of ether oxygens (including phenoxy) is 1. The summed E-state index contributed by atoms with van der Waals surface area (Å²) in [5.41, 5.74) is 0. The molecule has 1 aliphatic rings. The lowest BCUT2D eigenvalue weighted by Gasteiger charge is -2.16. The molecule has 0 saturated carbocycles. The van der Waals surface area contributed by atoms with Crippen LogP contribution in [0.2, 0.25) is 0 Å². The fourth-order valence-electron chi connectivity index (χ4n) is 2.66. The molecule has 0 saturated heterocycles. The second-order valence-corrected chi connectivity index (χ2v) is 7.21. The van der Waals surface area contributed by atoms with E-state index in [1.807, 2.05) is 19.1 Å². The lowest BCUT2D eigenvalue weighted by Crippen LogP contribution is -2.27. The van der Waals surface area contributed by atoms with Gasteiger partial charge >= 0.3 is 5.97 Å². The van der Waals surface area contributed by atoms with Gasteiger partial charge in [-0.25, -0.2) is 4.79 Å². The highest BCUT2D eigenvalue weighted by atomic mass is 16.5. The minimum Gasteiger partial charge on any atom is -0.460 e. The first-order valence-electron chi connectivity index (χ1n) is 10.3. The van der Waals surface area contributed by atoms with Crippen molar-refractivity contribution in [3.8, 4) is 0 Å². The zero-order chi connectivity index (χ0) is 22.2. The normalized spacial score (nSPS) is 37.1. The molecule has 0 unspecified atom stereocenters. The molecule has 1 aliphatic heterocycles. The second-order valence-electron chi connectivity index (χ2n) is 7.21. The number of esters is 1. The monoisotopic (exact) mass is 418 g/mol. The molecule has 0 amide bonds. The second kappa shape index (κ2) is 15.6. The predicted octanol–water partition coefficient (Wildman–Crippen LogP) is 2.66. The minimum atomic E-state index is -1.12. The summed E-state index contributed by atoms with van der Waals surface area (Å²) < 4.78 is 5.30. The summed E-state index contributed by atoms with van der Waals surface area (Å²) in [5, 5.41) is 39.7. The van der Waals surface area contributed by atoms with E-state index in [4.69, 9.17) is 4.74 Å². The maximum Gasteiger partial charge on any atom is 0.331 e. The molecule has 30 heavy (non-hydrogen) atoms. The van der Waals surface area contributed by atoms with Crippen molar-refractivity contribution in [2.75, 3.05) is 0 Å². The van der Waals surface area contributed by atoms with Gasteiger partial charge in [-0.05, 0) is 32.6 Å². The lowest BCUT2D eigenvalue weighted by molar-refractivity contribution is -0.142. The van der Waals surface area contributed by atoms with Gasteiger partial charge < -0.3 is 25.2 Å². The largest absolute Gasteiger partial charge is 0.460 e. The lowest BCUT2D eigenvalue weighted by atomic mass is 10.1. The molecule has 0 fully saturated rings. The Balaban J connectivity index is 2.73. The molecule has 1 rings (SSSR count). The molecule has 4 N–H and O–H groups in total.